The zero-order chi connectivity index (χ0) is 11.7. The maximum atomic E-state index is 13.8. The molecule has 0 bridgehead atoms. The Morgan fingerprint density at radius 1 is 1.44 bits per heavy atom. The number of aromatic amines is 1. The van der Waals surface area contributed by atoms with Gasteiger partial charge in [-0.25, -0.2) is 4.39 Å². The predicted molar refractivity (Wildman–Crippen MR) is 62.5 cm³/mol. The van der Waals surface area contributed by atoms with Crippen LogP contribution in [0.1, 0.15) is 18.1 Å². The minimum Gasteiger partial charge on any atom is -0.382 e. The van der Waals surface area contributed by atoms with Crippen LogP contribution in [-0.2, 0) is 6.42 Å². The van der Waals surface area contributed by atoms with Crippen LogP contribution in [0, 0.1) is 12.7 Å². The van der Waals surface area contributed by atoms with Crippen LogP contribution < -0.4 is 5.73 Å². The van der Waals surface area contributed by atoms with Crippen molar-refractivity contribution >= 4 is 5.82 Å². The Kier molecular flexibility index (Phi) is 2.64. The van der Waals surface area contributed by atoms with Gasteiger partial charge in [0.2, 0.25) is 0 Å². The maximum absolute atomic E-state index is 13.8. The topological polar surface area (TPSA) is 54.7 Å². The molecule has 16 heavy (non-hydrogen) atoms. The molecule has 0 saturated heterocycles. The molecule has 3 nitrogen and oxygen atoms in total. The van der Waals surface area contributed by atoms with E-state index >= 15 is 0 Å². The van der Waals surface area contributed by atoms with Crippen LogP contribution in [-0.4, -0.2) is 10.2 Å². The van der Waals surface area contributed by atoms with Crippen molar-refractivity contribution in [3.8, 4) is 11.3 Å². The van der Waals surface area contributed by atoms with Crippen molar-refractivity contribution in [2.45, 2.75) is 20.3 Å². The first-order valence-electron chi connectivity index (χ1n) is 5.22. The lowest BCUT2D eigenvalue weighted by Crippen LogP contribution is -1.92. The number of halogens is 1. The normalized spacial score (nSPS) is 10.7. The molecule has 3 N–H and O–H groups in total. The number of rotatable bonds is 2. The van der Waals surface area contributed by atoms with Gasteiger partial charge < -0.3 is 5.73 Å². The third-order valence-corrected chi connectivity index (χ3v) is 2.65. The van der Waals surface area contributed by atoms with Crippen LogP contribution in [0.25, 0.3) is 11.3 Å². The van der Waals surface area contributed by atoms with Gasteiger partial charge >= 0.3 is 0 Å². The van der Waals surface area contributed by atoms with Crippen LogP contribution in [0.5, 0.6) is 0 Å². The fraction of sp³-hybridized carbons (Fsp3) is 0.250. The van der Waals surface area contributed by atoms with Crippen LogP contribution in [0.15, 0.2) is 18.2 Å². The fourth-order valence-corrected chi connectivity index (χ4v) is 1.78. The number of hydrogen-bond donors (Lipinski definition) is 2. The number of H-pyrrole nitrogens is 1. The number of hydrogen-bond acceptors (Lipinski definition) is 2. The van der Waals surface area contributed by atoms with Crippen LogP contribution >= 0.6 is 0 Å². The smallest absolute Gasteiger partial charge is 0.149 e. The molecule has 0 aliphatic carbocycles. The number of aromatic nitrogens is 2. The van der Waals surface area contributed by atoms with E-state index in [2.05, 4.69) is 10.2 Å². The summed E-state index contributed by atoms with van der Waals surface area (Å²) in [6.07, 6.45) is 0.727. The number of nitrogens with zero attached hydrogens (tertiary/aromatic N) is 1. The van der Waals surface area contributed by atoms with E-state index in [-0.39, 0.29) is 5.82 Å². The molecule has 4 heteroatoms. The van der Waals surface area contributed by atoms with Gasteiger partial charge in [0, 0.05) is 11.1 Å². The molecule has 0 amide bonds. The largest absolute Gasteiger partial charge is 0.382 e. The van der Waals surface area contributed by atoms with E-state index in [1.807, 2.05) is 19.9 Å². The third-order valence-electron chi connectivity index (χ3n) is 2.65. The third kappa shape index (κ3) is 1.66. The van der Waals surface area contributed by atoms with Crippen molar-refractivity contribution < 1.29 is 4.39 Å². The molecule has 0 saturated carbocycles. The van der Waals surface area contributed by atoms with Gasteiger partial charge in [-0.1, -0.05) is 13.0 Å². The Balaban J connectivity index is 2.58. The molecular formula is C12H14FN3. The first-order valence-corrected chi connectivity index (χ1v) is 5.22. The lowest BCUT2D eigenvalue weighted by atomic mass is 10.0. The molecule has 0 atom stereocenters. The second kappa shape index (κ2) is 3.96. The molecule has 2 rings (SSSR count). The summed E-state index contributed by atoms with van der Waals surface area (Å²) in [6.45, 7) is 3.83. The summed E-state index contributed by atoms with van der Waals surface area (Å²) in [7, 11) is 0. The number of benzene rings is 1. The van der Waals surface area contributed by atoms with E-state index in [0.717, 1.165) is 17.5 Å². The lowest BCUT2D eigenvalue weighted by Gasteiger charge is -2.04. The molecule has 1 aromatic carbocycles. The molecule has 0 aliphatic heterocycles. The molecule has 0 unspecified atom stereocenters. The van der Waals surface area contributed by atoms with Crippen molar-refractivity contribution in [2.75, 3.05) is 5.73 Å². The molecule has 0 fully saturated rings. The molecule has 1 heterocycles. The lowest BCUT2D eigenvalue weighted by molar-refractivity contribution is 0.629. The van der Waals surface area contributed by atoms with E-state index in [1.54, 1.807) is 6.07 Å². The minimum absolute atomic E-state index is 0.252. The standard InChI is InChI=1S/C12H14FN3/c1-3-8-11(15-16-12(8)14)9-5-4-7(2)6-10(9)13/h4-6H,3H2,1-2H3,(H3,14,15,16). The van der Waals surface area contributed by atoms with Crippen molar-refractivity contribution in [1.29, 1.82) is 0 Å². The summed E-state index contributed by atoms with van der Waals surface area (Å²) in [6, 6.07) is 5.12. The van der Waals surface area contributed by atoms with Crippen molar-refractivity contribution in [1.82, 2.24) is 10.2 Å². The molecule has 1 aromatic heterocycles. The SMILES string of the molecule is CCc1c(N)n[nH]c1-c1ccc(C)cc1F. The molecule has 84 valence electrons. The number of nitrogens with one attached hydrogen (secondary N) is 1. The highest BCUT2D eigenvalue weighted by atomic mass is 19.1. The summed E-state index contributed by atoms with van der Waals surface area (Å²) in [4.78, 5) is 0. The zero-order valence-corrected chi connectivity index (χ0v) is 9.34. The first kappa shape index (κ1) is 10.7. The van der Waals surface area contributed by atoms with Crippen molar-refractivity contribution in [3.63, 3.8) is 0 Å². The van der Waals surface area contributed by atoms with Crippen LogP contribution in [0.2, 0.25) is 0 Å². The Morgan fingerprint density at radius 3 is 2.81 bits per heavy atom. The van der Waals surface area contributed by atoms with Gasteiger partial charge in [0.25, 0.3) is 0 Å². The zero-order valence-electron chi connectivity index (χ0n) is 9.34. The summed E-state index contributed by atoms with van der Waals surface area (Å²) >= 11 is 0. The van der Waals surface area contributed by atoms with Gasteiger partial charge in [-0.2, -0.15) is 5.10 Å². The number of anilines is 1. The summed E-state index contributed by atoms with van der Waals surface area (Å²) in [5.74, 6) is 0.191. The summed E-state index contributed by atoms with van der Waals surface area (Å²) in [5.41, 5.74) is 8.66. The highest BCUT2D eigenvalue weighted by Crippen LogP contribution is 2.28. The predicted octanol–water partition coefficient (Wildman–Crippen LogP) is 2.67. The number of nitrogen functional groups attached to an aromatic ring is 1. The first-order chi connectivity index (χ1) is 7.63. The van der Waals surface area contributed by atoms with Gasteiger partial charge in [-0.15, -0.1) is 0 Å². The van der Waals surface area contributed by atoms with Crippen LogP contribution in [0.3, 0.4) is 0 Å². The molecule has 2 aromatic rings. The summed E-state index contributed by atoms with van der Waals surface area (Å²) < 4.78 is 13.8. The highest BCUT2D eigenvalue weighted by Gasteiger charge is 2.14. The Morgan fingerprint density at radius 2 is 2.19 bits per heavy atom. The number of nitrogens with two attached hydrogens (primary N) is 1. The summed E-state index contributed by atoms with van der Waals surface area (Å²) in [5, 5.41) is 6.70. The monoisotopic (exact) mass is 219 g/mol. The van der Waals surface area contributed by atoms with E-state index < -0.39 is 0 Å². The van der Waals surface area contributed by atoms with Gasteiger partial charge in [0.05, 0.1) is 5.69 Å². The molecule has 0 aliphatic rings. The van der Waals surface area contributed by atoms with Crippen molar-refractivity contribution in [3.05, 3.63) is 35.1 Å². The fourth-order valence-electron chi connectivity index (χ4n) is 1.78. The average molecular weight is 219 g/mol. The van der Waals surface area contributed by atoms with E-state index in [4.69, 9.17) is 5.73 Å². The average Bonchev–Trinajstić information content (AvgIpc) is 2.59. The highest BCUT2D eigenvalue weighted by molar-refractivity contribution is 5.68. The van der Waals surface area contributed by atoms with Gasteiger partial charge in [-0.3, -0.25) is 5.10 Å². The maximum Gasteiger partial charge on any atom is 0.149 e. The second-order valence-corrected chi connectivity index (χ2v) is 3.80. The van der Waals surface area contributed by atoms with E-state index in [0.29, 0.717) is 17.1 Å². The van der Waals surface area contributed by atoms with Gasteiger partial charge in [0.15, 0.2) is 0 Å². The van der Waals surface area contributed by atoms with E-state index in [1.165, 1.54) is 6.07 Å². The quantitative estimate of drug-likeness (QED) is 0.815. The molecule has 0 radical (unpaired) electrons. The van der Waals surface area contributed by atoms with Crippen molar-refractivity contribution in [2.24, 2.45) is 0 Å². The Labute approximate surface area is 93.5 Å². The second-order valence-electron chi connectivity index (χ2n) is 3.80. The van der Waals surface area contributed by atoms with Gasteiger partial charge in [-0.05, 0) is 31.0 Å². The molecular weight excluding hydrogens is 205 g/mol. The minimum atomic E-state index is -0.252. The molecule has 0 spiro atoms. The Bertz CT molecular complexity index is 517. The van der Waals surface area contributed by atoms with Crippen LogP contribution in [0.4, 0.5) is 10.2 Å². The Hall–Kier alpha value is -1.84. The van der Waals surface area contributed by atoms with Gasteiger partial charge in [0.1, 0.15) is 11.6 Å². The van der Waals surface area contributed by atoms with E-state index in [9.17, 15) is 4.39 Å². The number of aryl methyl sites for hydroxylation is 1.